The molecule has 2 aromatic heterocycles. The van der Waals surface area contributed by atoms with Crippen molar-refractivity contribution in [1.29, 1.82) is 0 Å². The third-order valence-electron chi connectivity index (χ3n) is 3.82. The molecule has 0 radical (unpaired) electrons. The van der Waals surface area contributed by atoms with Crippen LogP contribution in [-0.2, 0) is 11.3 Å². The number of furan rings is 1. The highest BCUT2D eigenvalue weighted by atomic mass is 16.3. The molecule has 0 unspecified atom stereocenters. The average Bonchev–Trinajstić information content (AvgIpc) is 2.99. The van der Waals surface area contributed by atoms with Gasteiger partial charge in [0, 0.05) is 19.3 Å². The Kier molecular flexibility index (Phi) is 3.27. The van der Waals surface area contributed by atoms with Gasteiger partial charge in [-0.25, -0.2) is 4.79 Å². The molecule has 0 bridgehead atoms. The van der Waals surface area contributed by atoms with Crippen LogP contribution < -0.4 is 10.9 Å². The molecule has 1 saturated heterocycles. The van der Waals surface area contributed by atoms with E-state index in [-0.39, 0.29) is 24.0 Å². The molecule has 1 aliphatic heterocycles. The average molecular weight is 303 g/mol. The Hall–Kier alpha value is -2.57. The zero-order valence-corrected chi connectivity index (χ0v) is 12.5. The maximum Gasteiger partial charge on any atom is 0.325 e. The fourth-order valence-corrected chi connectivity index (χ4v) is 2.60. The van der Waals surface area contributed by atoms with Crippen molar-refractivity contribution in [3.05, 3.63) is 34.9 Å². The predicted octanol–water partition coefficient (Wildman–Crippen LogP) is 1.31. The van der Waals surface area contributed by atoms with Gasteiger partial charge in [0.15, 0.2) is 0 Å². The first kappa shape index (κ1) is 14.4. The minimum Gasteiger partial charge on any atom is -0.464 e. The van der Waals surface area contributed by atoms with Crippen LogP contribution in [0.25, 0.3) is 11.0 Å². The maximum absolute atomic E-state index is 12.2. The summed E-state index contributed by atoms with van der Waals surface area (Å²) < 4.78 is 6.73. The van der Waals surface area contributed by atoms with Crippen LogP contribution >= 0.6 is 0 Å². The number of fused-ring (bicyclic) bond motifs is 1. The fourth-order valence-electron chi connectivity index (χ4n) is 2.60. The lowest BCUT2D eigenvalue weighted by atomic mass is 10.1. The van der Waals surface area contributed by atoms with E-state index in [0.717, 1.165) is 0 Å². The predicted molar refractivity (Wildman–Crippen MR) is 79.4 cm³/mol. The molecular formula is C15H17N3O4. The number of pyridine rings is 1. The standard InChI is InChI=1S/C15H17N3O4/c1-15(2)13(20)18(14(21)16-15)7-3-6-17-8-4-11-10(12(17)19)5-9-22-11/h4-5,8-9H,3,6-7H2,1-2H3,(H,16,21). The van der Waals surface area contributed by atoms with Gasteiger partial charge >= 0.3 is 6.03 Å². The van der Waals surface area contributed by atoms with Crippen molar-refractivity contribution < 1.29 is 14.0 Å². The maximum atomic E-state index is 12.2. The molecule has 116 valence electrons. The van der Waals surface area contributed by atoms with Crippen molar-refractivity contribution in [2.45, 2.75) is 32.4 Å². The van der Waals surface area contributed by atoms with Crippen molar-refractivity contribution in [3.8, 4) is 0 Å². The molecule has 2 aromatic rings. The largest absolute Gasteiger partial charge is 0.464 e. The Morgan fingerprint density at radius 1 is 1.18 bits per heavy atom. The number of rotatable bonds is 4. The Morgan fingerprint density at radius 2 is 1.95 bits per heavy atom. The zero-order chi connectivity index (χ0) is 15.9. The molecule has 3 heterocycles. The molecule has 7 nitrogen and oxygen atoms in total. The number of hydrogen-bond donors (Lipinski definition) is 1. The first-order valence-electron chi connectivity index (χ1n) is 7.11. The second kappa shape index (κ2) is 5.01. The summed E-state index contributed by atoms with van der Waals surface area (Å²) in [7, 11) is 0. The molecule has 22 heavy (non-hydrogen) atoms. The van der Waals surface area contributed by atoms with E-state index in [9.17, 15) is 14.4 Å². The number of carbonyl (C=O) groups excluding carboxylic acids is 2. The van der Waals surface area contributed by atoms with Crippen molar-refractivity contribution in [2.24, 2.45) is 0 Å². The molecule has 1 aliphatic rings. The van der Waals surface area contributed by atoms with Gasteiger partial charge in [0.25, 0.3) is 11.5 Å². The molecule has 0 spiro atoms. The molecule has 3 amide bonds. The zero-order valence-electron chi connectivity index (χ0n) is 12.5. The summed E-state index contributed by atoms with van der Waals surface area (Å²) in [5.74, 6) is -0.241. The summed E-state index contributed by atoms with van der Waals surface area (Å²) in [4.78, 5) is 37.2. The molecular weight excluding hydrogens is 286 g/mol. The summed E-state index contributed by atoms with van der Waals surface area (Å²) in [5, 5.41) is 3.16. The summed E-state index contributed by atoms with van der Waals surface area (Å²) in [6, 6.07) is 2.98. The van der Waals surface area contributed by atoms with Gasteiger partial charge in [0.05, 0.1) is 11.6 Å². The highest BCUT2D eigenvalue weighted by Crippen LogP contribution is 2.17. The van der Waals surface area contributed by atoms with E-state index < -0.39 is 5.54 Å². The minimum atomic E-state index is -0.858. The van der Waals surface area contributed by atoms with E-state index in [1.807, 2.05) is 0 Å². The van der Waals surface area contributed by atoms with E-state index in [1.54, 1.807) is 36.7 Å². The van der Waals surface area contributed by atoms with Crippen LogP contribution in [0.4, 0.5) is 4.79 Å². The van der Waals surface area contributed by atoms with Crippen LogP contribution in [0.2, 0.25) is 0 Å². The third kappa shape index (κ3) is 2.28. The van der Waals surface area contributed by atoms with Crippen LogP contribution in [0.15, 0.2) is 33.8 Å². The number of carbonyl (C=O) groups is 2. The smallest absolute Gasteiger partial charge is 0.325 e. The lowest BCUT2D eigenvalue weighted by Crippen LogP contribution is -2.40. The van der Waals surface area contributed by atoms with Crippen molar-refractivity contribution >= 4 is 22.9 Å². The first-order valence-corrected chi connectivity index (χ1v) is 7.11. The second-order valence-corrected chi connectivity index (χ2v) is 5.88. The van der Waals surface area contributed by atoms with Crippen LogP contribution in [0.1, 0.15) is 20.3 Å². The number of aromatic nitrogens is 1. The topological polar surface area (TPSA) is 84.6 Å². The quantitative estimate of drug-likeness (QED) is 0.863. The number of hydrogen-bond acceptors (Lipinski definition) is 4. The van der Waals surface area contributed by atoms with Gasteiger partial charge in [-0.15, -0.1) is 0 Å². The minimum absolute atomic E-state index is 0.135. The van der Waals surface area contributed by atoms with E-state index in [1.165, 1.54) is 11.2 Å². The molecule has 3 rings (SSSR count). The number of imide groups is 1. The molecule has 1 fully saturated rings. The monoisotopic (exact) mass is 303 g/mol. The number of nitrogens with one attached hydrogen (secondary N) is 1. The van der Waals surface area contributed by atoms with Crippen LogP contribution in [-0.4, -0.2) is 33.5 Å². The number of nitrogens with zero attached hydrogens (tertiary/aromatic N) is 2. The van der Waals surface area contributed by atoms with Gasteiger partial charge in [0.1, 0.15) is 11.1 Å². The second-order valence-electron chi connectivity index (χ2n) is 5.88. The number of urea groups is 1. The molecule has 0 aliphatic carbocycles. The van der Waals surface area contributed by atoms with Crippen molar-refractivity contribution in [1.82, 2.24) is 14.8 Å². The molecule has 7 heteroatoms. The van der Waals surface area contributed by atoms with Gasteiger partial charge in [-0.3, -0.25) is 14.5 Å². The lowest BCUT2D eigenvalue weighted by molar-refractivity contribution is -0.130. The van der Waals surface area contributed by atoms with Crippen LogP contribution in [0, 0.1) is 0 Å². The SMILES string of the molecule is CC1(C)NC(=O)N(CCCn2ccc3occc3c2=O)C1=O. The van der Waals surface area contributed by atoms with Gasteiger partial charge in [-0.1, -0.05) is 0 Å². The Balaban J connectivity index is 1.68. The van der Waals surface area contributed by atoms with Crippen LogP contribution in [0.3, 0.4) is 0 Å². The van der Waals surface area contributed by atoms with E-state index >= 15 is 0 Å². The summed E-state index contributed by atoms with van der Waals surface area (Å²) in [6.45, 7) is 4.05. The van der Waals surface area contributed by atoms with Crippen LogP contribution in [0.5, 0.6) is 0 Å². The van der Waals surface area contributed by atoms with E-state index in [0.29, 0.717) is 23.9 Å². The van der Waals surface area contributed by atoms with Gasteiger partial charge in [-0.05, 0) is 32.4 Å². The Labute approximate surface area is 126 Å². The number of amides is 3. The Bertz CT molecular complexity index is 802. The molecule has 1 N–H and O–H groups in total. The van der Waals surface area contributed by atoms with Crippen molar-refractivity contribution in [3.63, 3.8) is 0 Å². The van der Waals surface area contributed by atoms with E-state index in [2.05, 4.69) is 5.32 Å². The molecule has 0 aromatic carbocycles. The van der Waals surface area contributed by atoms with Gasteiger partial charge in [0.2, 0.25) is 0 Å². The highest BCUT2D eigenvalue weighted by Gasteiger charge is 2.43. The molecule has 0 atom stereocenters. The van der Waals surface area contributed by atoms with Gasteiger partial charge in [-0.2, -0.15) is 0 Å². The van der Waals surface area contributed by atoms with Crippen molar-refractivity contribution in [2.75, 3.05) is 6.54 Å². The highest BCUT2D eigenvalue weighted by molar-refractivity contribution is 6.06. The van der Waals surface area contributed by atoms with E-state index in [4.69, 9.17) is 4.42 Å². The fraction of sp³-hybridized carbons (Fsp3) is 0.400. The third-order valence-corrected chi connectivity index (χ3v) is 3.82. The normalized spacial score (nSPS) is 17.3. The number of aryl methyl sites for hydroxylation is 1. The summed E-state index contributed by atoms with van der Waals surface area (Å²) >= 11 is 0. The summed E-state index contributed by atoms with van der Waals surface area (Å²) in [6.07, 6.45) is 3.65. The summed E-state index contributed by atoms with van der Waals surface area (Å²) in [5.41, 5.74) is -0.440. The van der Waals surface area contributed by atoms with Gasteiger partial charge < -0.3 is 14.3 Å². The lowest BCUT2D eigenvalue weighted by Gasteiger charge is -2.16. The molecule has 0 saturated carbocycles. The Morgan fingerprint density at radius 3 is 2.64 bits per heavy atom. The first-order chi connectivity index (χ1) is 10.4.